The number of rotatable bonds is 5. The van der Waals surface area contributed by atoms with E-state index in [0.717, 1.165) is 5.56 Å². The number of carbonyl (C=O) groups excluding carboxylic acids is 1. The van der Waals surface area contributed by atoms with Crippen molar-refractivity contribution in [1.29, 1.82) is 0 Å². The van der Waals surface area contributed by atoms with Crippen LogP contribution in [0, 0.1) is 11.6 Å². The molecule has 126 valence electrons. The Morgan fingerprint density at radius 1 is 0.760 bits per heavy atom. The molecule has 4 heteroatoms. The number of halogens is 2. The maximum atomic E-state index is 13.4. The van der Waals surface area contributed by atoms with Crippen LogP contribution in [-0.2, 0) is 16.6 Å². The molecule has 1 unspecified atom stereocenters. The van der Waals surface area contributed by atoms with E-state index < -0.39 is 17.1 Å². The lowest BCUT2D eigenvalue weighted by atomic mass is 9.70. The van der Waals surface area contributed by atoms with E-state index >= 15 is 0 Å². The van der Waals surface area contributed by atoms with Gasteiger partial charge < -0.3 is 5.73 Å². The van der Waals surface area contributed by atoms with Crippen molar-refractivity contribution in [3.05, 3.63) is 107 Å². The first kappa shape index (κ1) is 16.8. The molecule has 0 fully saturated rings. The third-order valence-electron chi connectivity index (χ3n) is 4.41. The van der Waals surface area contributed by atoms with Crippen molar-refractivity contribution in [3.8, 4) is 0 Å². The number of hydrogen-bond donors (Lipinski definition) is 1. The van der Waals surface area contributed by atoms with Crippen molar-refractivity contribution in [2.75, 3.05) is 0 Å². The Kier molecular flexibility index (Phi) is 4.61. The molecule has 0 aliphatic carbocycles. The summed E-state index contributed by atoms with van der Waals surface area (Å²) in [7, 11) is 0. The highest BCUT2D eigenvalue weighted by Crippen LogP contribution is 2.36. The summed E-state index contributed by atoms with van der Waals surface area (Å²) < 4.78 is 26.6. The molecule has 2 nitrogen and oxygen atoms in total. The van der Waals surface area contributed by atoms with Crippen molar-refractivity contribution in [3.63, 3.8) is 0 Å². The highest BCUT2D eigenvalue weighted by Gasteiger charge is 2.40. The predicted octanol–water partition coefficient (Wildman–Crippen LogP) is 3.98. The quantitative estimate of drug-likeness (QED) is 0.752. The van der Waals surface area contributed by atoms with E-state index in [1.807, 2.05) is 30.3 Å². The van der Waals surface area contributed by atoms with E-state index in [0.29, 0.717) is 11.1 Å². The Morgan fingerprint density at radius 2 is 1.24 bits per heavy atom. The lowest BCUT2D eigenvalue weighted by Gasteiger charge is -2.32. The molecule has 1 atom stereocenters. The molecule has 0 saturated heterocycles. The maximum absolute atomic E-state index is 13.4. The van der Waals surface area contributed by atoms with Crippen molar-refractivity contribution < 1.29 is 13.6 Å². The summed E-state index contributed by atoms with van der Waals surface area (Å²) in [6.45, 7) is 0. The van der Waals surface area contributed by atoms with Gasteiger partial charge >= 0.3 is 0 Å². The highest BCUT2D eigenvalue weighted by molar-refractivity contribution is 5.91. The third-order valence-corrected chi connectivity index (χ3v) is 4.41. The first-order valence-electron chi connectivity index (χ1n) is 7.88. The van der Waals surface area contributed by atoms with E-state index in [2.05, 4.69) is 0 Å². The molecule has 2 N–H and O–H groups in total. The van der Waals surface area contributed by atoms with Gasteiger partial charge in [-0.3, -0.25) is 4.79 Å². The normalized spacial score (nSPS) is 13.2. The van der Waals surface area contributed by atoms with Crippen LogP contribution in [0.3, 0.4) is 0 Å². The molecule has 0 radical (unpaired) electrons. The molecule has 3 aromatic rings. The minimum atomic E-state index is -1.17. The first-order chi connectivity index (χ1) is 12.0. The van der Waals surface area contributed by atoms with Crippen molar-refractivity contribution in [1.82, 2.24) is 0 Å². The number of nitrogens with two attached hydrogens (primary N) is 1. The molecule has 25 heavy (non-hydrogen) atoms. The van der Waals surface area contributed by atoms with Crippen molar-refractivity contribution in [2.24, 2.45) is 5.73 Å². The van der Waals surface area contributed by atoms with Gasteiger partial charge in [-0.2, -0.15) is 0 Å². The van der Waals surface area contributed by atoms with Crippen molar-refractivity contribution >= 4 is 5.91 Å². The fourth-order valence-corrected chi connectivity index (χ4v) is 3.11. The summed E-state index contributed by atoms with van der Waals surface area (Å²) >= 11 is 0. The summed E-state index contributed by atoms with van der Waals surface area (Å²) in [5.74, 6) is -1.29. The summed E-state index contributed by atoms with van der Waals surface area (Å²) in [6, 6.07) is 20.8. The zero-order valence-electron chi connectivity index (χ0n) is 13.5. The molecule has 0 aromatic heterocycles. The summed E-state index contributed by atoms with van der Waals surface area (Å²) in [4.78, 5) is 12.6. The Hall–Kier alpha value is -3.01. The second-order valence-corrected chi connectivity index (χ2v) is 5.95. The molecular weight excluding hydrogens is 320 g/mol. The SMILES string of the molecule is NC(=O)C(Cc1ccc(F)cc1)(c1ccccc1)c1ccc(F)cc1. The average molecular weight is 337 g/mol. The molecular formula is C21H17F2NO. The lowest BCUT2D eigenvalue weighted by Crippen LogP contribution is -2.44. The van der Waals surface area contributed by atoms with Gasteiger partial charge in [0.05, 0.1) is 0 Å². The minimum absolute atomic E-state index is 0.248. The van der Waals surface area contributed by atoms with Gasteiger partial charge in [0.1, 0.15) is 17.0 Å². The Balaban J connectivity index is 2.19. The van der Waals surface area contributed by atoms with E-state index in [1.165, 1.54) is 24.3 Å². The number of primary amides is 1. The van der Waals surface area contributed by atoms with E-state index in [9.17, 15) is 13.6 Å². The minimum Gasteiger partial charge on any atom is -0.369 e. The molecule has 0 aliphatic heterocycles. The van der Waals surface area contributed by atoms with Gasteiger partial charge in [0.15, 0.2) is 0 Å². The molecule has 0 heterocycles. The first-order valence-corrected chi connectivity index (χ1v) is 7.88. The smallest absolute Gasteiger partial charge is 0.232 e. The summed E-state index contributed by atoms with van der Waals surface area (Å²) in [5.41, 5.74) is 6.73. The van der Waals surface area contributed by atoms with Crippen LogP contribution in [0.5, 0.6) is 0 Å². The highest BCUT2D eigenvalue weighted by atomic mass is 19.1. The van der Waals surface area contributed by atoms with Gasteiger partial charge in [-0.15, -0.1) is 0 Å². The molecule has 0 saturated carbocycles. The molecule has 0 spiro atoms. The predicted molar refractivity (Wildman–Crippen MR) is 92.9 cm³/mol. The van der Waals surface area contributed by atoms with Gasteiger partial charge in [0.2, 0.25) is 5.91 Å². The van der Waals surface area contributed by atoms with E-state index in [4.69, 9.17) is 5.73 Å². The van der Waals surface area contributed by atoms with Gasteiger partial charge in [-0.1, -0.05) is 54.6 Å². The van der Waals surface area contributed by atoms with Crippen LogP contribution < -0.4 is 5.73 Å². The van der Waals surface area contributed by atoms with Crippen LogP contribution in [-0.4, -0.2) is 5.91 Å². The monoisotopic (exact) mass is 337 g/mol. The van der Waals surface area contributed by atoms with Gasteiger partial charge in [-0.05, 0) is 47.4 Å². The number of benzene rings is 3. The summed E-state index contributed by atoms with van der Waals surface area (Å²) in [5, 5.41) is 0. The number of hydrogen-bond acceptors (Lipinski definition) is 1. The molecule has 0 aliphatic rings. The second kappa shape index (κ2) is 6.85. The number of amides is 1. The lowest BCUT2D eigenvalue weighted by molar-refractivity contribution is -0.122. The topological polar surface area (TPSA) is 43.1 Å². The largest absolute Gasteiger partial charge is 0.369 e. The van der Waals surface area contributed by atoms with Crippen LogP contribution >= 0.6 is 0 Å². The van der Waals surface area contributed by atoms with E-state index in [-0.39, 0.29) is 12.2 Å². The van der Waals surface area contributed by atoms with Crippen LogP contribution in [0.1, 0.15) is 16.7 Å². The molecule has 0 bridgehead atoms. The van der Waals surface area contributed by atoms with Crippen LogP contribution in [0.25, 0.3) is 0 Å². The number of carbonyl (C=O) groups is 1. The molecule has 3 rings (SSSR count). The average Bonchev–Trinajstić information content (AvgIpc) is 2.63. The second-order valence-electron chi connectivity index (χ2n) is 5.95. The molecule has 3 aromatic carbocycles. The van der Waals surface area contributed by atoms with Gasteiger partial charge in [-0.25, -0.2) is 8.78 Å². The van der Waals surface area contributed by atoms with Crippen LogP contribution in [0.4, 0.5) is 8.78 Å². The zero-order valence-corrected chi connectivity index (χ0v) is 13.5. The third kappa shape index (κ3) is 3.29. The summed E-state index contributed by atoms with van der Waals surface area (Å²) in [6.07, 6.45) is 0.248. The maximum Gasteiger partial charge on any atom is 0.232 e. The van der Waals surface area contributed by atoms with Crippen LogP contribution in [0.15, 0.2) is 78.9 Å². The zero-order chi connectivity index (χ0) is 17.9. The van der Waals surface area contributed by atoms with Gasteiger partial charge in [0, 0.05) is 0 Å². The standard InChI is InChI=1S/C21H17F2NO/c22-18-10-6-15(7-11-18)14-21(20(24)25,16-4-2-1-3-5-16)17-8-12-19(23)13-9-17/h1-13H,14H2,(H2,24,25). The van der Waals surface area contributed by atoms with E-state index in [1.54, 1.807) is 24.3 Å². The van der Waals surface area contributed by atoms with Gasteiger partial charge in [0.25, 0.3) is 0 Å². The Labute approximate surface area is 144 Å². The fourth-order valence-electron chi connectivity index (χ4n) is 3.11. The van der Waals surface area contributed by atoms with Crippen molar-refractivity contribution in [2.45, 2.75) is 11.8 Å². The Morgan fingerprint density at radius 3 is 1.76 bits per heavy atom. The fraction of sp³-hybridized carbons (Fsp3) is 0.0952. The Bertz CT molecular complexity index is 861. The van der Waals surface area contributed by atoms with Crippen LogP contribution in [0.2, 0.25) is 0 Å². The molecule has 1 amide bonds.